The second kappa shape index (κ2) is 7.86. The first-order valence-corrected chi connectivity index (χ1v) is 8.09. The van der Waals surface area contributed by atoms with Crippen LogP contribution < -0.4 is 10.1 Å². The summed E-state index contributed by atoms with van der Waals surface area (Å²) in [7, 11) is 1.62. The number of carbonyl (C=O) groups excluding carboxylic acids is 1. The number of unbranched alkanes of at least 4 members (excludes halogenated alkanes) is 2. The van der Waals surface area contributed by atoms with Crippen molar-refractivity contribution in [3.8, 4) is 5.75 Å². The van der Waals surface area contributed by atoms with E-state index in [2.05, 4.69) is 12.2 Å². The van der Waals surface area contributed by atoms with Gasteiger partial charge in [0.25, 0.3) is 0 Å². The van der Waals surface area contributed by atoms with Gasteiger partial charge in [-0.05, 0) is 37.5 Å². The zero-order valence-electron chi connectivity index (χ0n) is 14.4. The first-order chi connectivity index (χ1) is 11.1. The van der Waals surface area contributed by atoms with Gasteiger partial charge in [-0.15, -0.1) is 0 Å². The normalized spacial score (nSPS) is 11.7. The smallest absolute Gasteiger partial charge is 0.244 e. The van der Waals surface area contributed by atoms with Gasteiger partial charge < -0.3 is 14.5 Å². The first-order valence-electron chi connectivity index (χ1n) is 8.09. The average molecular weight is 315 g/mol. The van der Waals surface area contributed by atoms with Gasteiger partial charge in [0, 0.05) is 29.6 Å². The molecule has 23 heavy (non-hydrogen) atoms. The number of fused-ring (bicyclic) bond motifs is 1. The van der Waals surface area contributed by atoms with Crippen LogP contribution >= 0.6 is 0 Å². The molecule has 0 saturated carbocycles. The molecule has 1 amide bonds. The molecule has 0 aliphatic rings. The van der Waals surface area contributed by atoms with E-state index < -0.39 is 0 Å². The summed E-state index contributed by atoms with van der Waals surface area (Å²) in [6, 6.07) is 3.89. The molecule has 1 aromatic heterocycles. The lowest BCUT2D eigenvalue weighted by atomic mass is 10.0. The zero-order chi connectivity index (χ0) is 16.8. The lowest BCUT2D eigenvalue weighted by molar-refractivity contribution is -0.116. The van der Waals surface area contributed by atoms with Crippen molar-refractivity contribution in [2.24, 2.45) is 0 Å². The van der Waals surface area contributed by atoms with Gasteiger partial charge in [0.2, 0.25) is 5.91 Å². The van der Waals surface area contributed by atoms with Crippen LogP contribution in [0.25, 0.3) is 16.5 Å². The highest BCUT2D eigenvalue weighted by molar-refractivity contribution is 5.97. The molecule has 0 aliphatic heterocycles. The molecule has 2 aromatic rings. The molecule has 124 valence electrons. The van der Waals surface area contributed by atoms with Crippen LogP contribution in [0.4, 0.5) is 0 Å². The standard InChI is InChI=1S/C19H25NO3/c1-5-6-7-8-20-19(21)9-13(2)15-10-16-14(3)12-23-18(16)11-17(15)22-4/h9-12H,5-8H2,1-4H3,(H,20,21)/b13-9+. The van der Waals surface area contributed by atoms with Crippen molar-refractivity contribution in [3.05, 3.63) is 35.6 Å². The van der Waals surface area contributed by atoms with Gasteiger partial charge >= 0.3 is 0 Å². The summed E-state index contributed by atoms with van der Waals surface area (Å²) in [6.45, 7) is 6.78. The van der Waals surface area contributed by atoms with Crippen LogP contribution in [0.3, 0.4) is 0 Å². The Balaban J connectivity index is 2.21. The Bertz CT molecular complexity index is 713. The Hall–Kier alpha value is -2.23. The van der Waals surface area contributed by atoms with E-state index in [0.717, 1.165) is 46.9 Å². The minimum atomic E-state index is -0.0651. The van der Waals surface area contributed by atoms with Gasteiger partial charge in [0.05, 0.1) is 13.4 Å². The molecular weight excluding hydrogens is 290 g/mol. The number of hydrogen-bond acceptors (Lipinski definition) is 3. The lowest BCUT2D eigenvalue weighted by Crippen LogP contribution is -2.22. The minimum Gasteiger partial charge on any atom is -0.496 e. The van der Waals surface area contributed by atoms with E-state index in [1.165, 1.54) is 0 Å². The summed E-state index contributed by atoms with van der Waals surface area (Å²) in [5.74, 6) is 0.643. The number of carbonyl (C=O) groups is 1. The quantitative estimate of drug-likeness (QED) is 0.606. The summed E-state index contributed by atoms with van der Waals surface area (Å²) in [5, 5.41) is 3.96. The molecule has 0 spiro atoms. The van der Waals surface area contributed by atoms with Crippen molar-refractivity contribution < 1.29 is 13.9 Å². The van der Waals surface area contributed by atoms with Crippen molar-refractivity contribution in [2.75, 3.05) is 13.7 Å². The highest BCUT2D eigenvalue weighted by Crippen LogP contribution is 2.33. The SMILES string of the molecule is CCCCCNC(=O)/C=C(\C)c1cc2c(C)coc2cc1OC. The van der Waals surface area contributed by atoms with Crippen LogP contribution in [-0.4, -0.2) is 19.6 Å². The number of allylic oxidation sites excluding steroid dienone is 1. The highest BCUT2D eigenvalue weighted by Gasteiger charge is 2.12. The lowest BCUT2D eigenvalue weighted by Gasteiger charge is -2.10. The molecule has 1 aromatic carbocycles. The number of aryl methyl sites for hydroxylation is 1. The van der Waals surface area contributed by atoms with Gasteiger partial charge in [0.1, 0.15) is 11.3 Å². The van der Waals surface area contributed by atoms with Crippen LogP contribution in [0.5, 0.6) is 5.75 Å². The Kier molecular flexibility index (Phi) is 5.85. The van der Waals surface area contributed by atoms with Crippen LogP contribution in [0, 0.1) is 6.92 Å². The second-order valence-corrected chi connectivity index (χ2v) is 5.79. The van der Waals surface area contributed by atoms with E-state index >= 15 is 0 Å². The van der Waals surface area contributed by atoms with Crippen molar-refractivity contribution >= 4 is 22.4 Å². The molecule has 0 aliphatic carbocycles. The Morgan fingerprint density at radius 2 is 2.13 bits per heavy atom. The Morgan fingerprint density at radius 3 is 2.83 bits per heavy atom. The number of ether oxygens (including phenoxy) is 1. The molecule has 0 atom stereocenters. The third-order valence-electron chi connectivity index (χ3n) is 3.94. The van der Waals surface area contributed by atoms with Crippen molar-refractivity contribution in [2.45, 2.75) is 40.0 Å². The fourth-order valence-corrected chi connectivity index (χ4v) is 2.57. The monoisotopic (exact) mass is 315 g/mol. The van der Waals surface area contributed by atoms with Crippen molar-refractivity contribution in [1.29, 1.82) is 0 Å². The summed E-state index contributed by atoms with van der Waals surface area (Å²) < 4.78 is 11.0. The van der Waals surface area contributed by atoms with Crippen LogP contribution in [0.15, 0.2) is 28.9 Å². The van der Waals surface area contributed by atoms with E-state index in [1.54, 1.807) is 19.4 Å². The molecule has 2 rings (SSSR count). The average Bonchev–Trinajstić information content (AvgIpc) is 2.90. The maximum absolute atomic E-state index is 12.0. The second-order valence-electron chi connectivity index (χ2n) is 5.79. The van der Waals surface area contributed by atoms with Gasteiger partial charge in [-0.1, -0.05) is 19.8 Å². The van der Waals surface area contributed by atoms with Crippen LogP contribution in [0.2, 0.25) is 0 Å². The van der Waals surface area contributed by atoms with E-state index in [1.807, 2.05) is 26.0 Å². The first kappa shape index (κ1) is 17.1. The van der Waals surface area contributed by atoms with Gasteiger partial charge in [-0.3, -0.25) is 4.79 Å². The molecule has 0 fully saturated rings. The van der Waals surface area contributed by atoms with E-state index in [4.69, 9.17) is 9.15 Å². The molecule has 0 saturated heterocycles. The van der Waals surface area contributed by atoms with Gasteiger partial charge in [-0.2, -0.15) is 0 Å². The summed E-state index contributed by atoms with van der Waals surface area (Å²) in [6.07, 6.45) is 6.65. The topological polar surface area (TPSA) is 51.5 Å². The summed E-state index contributed by atoms with van der Waals surface area (Å²) in [5.41, 5.74) is 3.64. The molecule has 0 unspecified atom stereocenters. The summed E-state index contributed by atoms with van der Waals surface area (Å²) >= 11 is 0. The number of rotatable bonds is 7. The van der Waals surface area contributed by atoms with Gasteiger partial charge in [0.15, 0.2) is 0 Å². The molecule has 0 bridgehead atoms. The Labute approximate surface area is 137 Å². The number of nitrogens with one attached hydrogen (secondary N) is 1. The number of benzene rings is 1. The highest BCUT2D eigenvalue weighted by atomic mass is 16.5. The molecule has 0 radical (unpaired) electrons. The predicted octanol–water partition coefficient (Wildman–Crippen LogP) is 4.46. The third-order valence-corrected chi connectivity index (χ3v) is 3.94. The fraction of sp³-hybridized carbons (Fsp3) is 0.421. The number of methoxy groups -OCH3 is 1. The maximum Gasteiger partial charge on any atom is 0.244 e. The van der Waals surface area contributed by atoms with E-state index in [-0.39, 0.29) is 5.91 Å². The van der Waals surface area contributed by atoms with Crippen LogP contribution in [-0.2, 0) is 4.79 Å². The number of amides is 1. The number of hydrogen-bond donors (Lipinski definition) is 1. The fourth-order valence-electron chi connectivity index (χ4n) is 2.57. The van der Waals surface area contributed by atoms with E-state index in [0.29, 0.717) is 12.3 Å². The largest absolute Gasteiger partial charge is 0.496 e. The predicted molar refractivity (Wildman–Crippen MR) is 93.7 cm³/mol. The van der Waals surface area contributed by atoms with Crippen LogP contribution in [0.1, 0.15) is 44.2 Å². The summed E-state index contributed by atoms with van der Waals surface area (Å²) in [4.78, 5) is 12.0. The van der Waals surface area contributed by atoms with Crippen molar-refractivity contribution in [3.63, 3.8) is 0 Å². The molecule has 4 nitrogen and oxygen atoms in total. The molecule has 4 heteroatoms. The number of furan rings is 1. The van der Waals surface area contributed by atoms with Crippen molar-refractivity contribution in [1.82, 2.24) is 5.32 Å². The minimum absolute atomic E-state index is 0.0651. The molecule has 1 N–H and O–H groups in total. The maximum atomic E-state index is 12.0. The molecule has 1 heterocycles. The Morgan fingerprint density at radius 1 is 1.35 bits per heavy atom. The zero-order valence-corrected chi connectivity index (χ0v) is 14.4. The third kappa shape index (κ3) is 4.15. The van der Waals surface area contributed by atoms with E-state index in [9.17, 15) is 4.79 Å². The van der Waals surface area contributed by atoms with Gasteiger partial charge in [-0.25, -0.2) is 0 Å². The molecular formula is C19H25NO3.